The Bertz CT molecular complexity index is 723. The first-order valence-corrected chi connectivity index (χ1v) is 8.23. The molecule has 1 aromatic carbocycles. The summed E-state index contributed by atoms with van der Waals surface area (Å²) in [5, 5.41) is 25.1. The van der Waals surface area contributed by atoms with Gasteiger partial charge in [0.05, 0.1) is 26.0 Å². The molecule has 3 rings (SSSR count). The molecule has 138 valence electrons. The van der Waals surface area contributed by atoms with Gasteiger partial charge in [-0.25, -0.2) is 5.43 Å². The fourth-order valence-corrected chi connectivity index (χ4v) is 2.25. The zero-order chi connectivity index (χ0) is 18.2. The topological polar surface area (TPSA) is 128 Å². The lowest BCUT2D eigenvalue weighted by molar-refractivity contribution is 0.122. The molecule has 1 aromatic heterocycles. The highest BCUT2D eigenvalue weighted by molar-refractivity contribution is 5.64. The molecule has 1 fully saturated rings. The predicted molar refractivity (Wildman–Crippen MR) is 97.8 cm³/mol. The van der Waals surface area contributed by atoms with E-state index >= 15 is 0 Å². The van der Waals surface area contributed by atoms with Crippen molar-refractivity contribution >= 4 is 29.7 Å². The minimum atomic E-state index is -1.05. The number of aliphatic hydroxyl groups is 2. The monoisotopic (exact) mass is 359 g/mol. The van der Waals surface area contributed by atoms with Gasteiger partial charge in [-0.1, -0.05) is 18.2 Å². The summed E-state index contributed by atoms with van der Waals surface area (Å²) in [5.74, 6) is 1.09. The Kier molecular flexibility index (Phi) is 6.25. The van der Waals surface area contributed by atoms with Crippen LogP contribution in [-0.2, 0) is 4.74 Å². The highest BCUT2D eigenvalue weighted by Gasteiger charge is 2.16. The summed E-state index contributed by atoms with van der Waals surface area (Å²) in [7, 11) is 0. The van der Waals surface area contributed by atoms with Crippen molar-refractivity contribution < 1.29 is 14.9 Å². The number of morpholine rings is 1. The molecular weight excluding hydrogens is 338 g/mol. The molecule has 26 heavy (non-hydrogen) atoms. The number of anilines is 4. The molecular formula is C16H21N7O3. The molecule has 10 nitrogen and oxygen atoms in total. The minimum Gasteiger partial charge on any atom is -0.393 e. The smallest absolute Gasteiger partial charge is 0.250 e. The molecule has 1 aliphatic rings. The number of benzene rings is 1. The van der Waals surface area contributed by atoms with E-state index in [2.05, 4.69) is 30.8 Å². The highest BCUT2D eigenvalue weighted by atomic mass is 16.5. The second kappa shape index (κ2) is 9.04. The standard InChI is InChI=1S/C16H21N7O3/c24-11-13(25)10-17-22-15-19-14(18-12-4-2-1-3-5-12)20-16(21-15)23-6-8-26-9-7-23/h1-5,10,13,24-25H,6-9,11H2,(H2,18,19,20,21,22). The maximum Gasteiger partial charge on any atom is 0.250 e. The molecule has 1 aliphatic heterocycles. The average molecular weight is 359 g/mol. The molecule has 1 atom stereocenters. The molecule has 1 saturated heterocycles. The fraction of sp³-hybridized carbons (Fsp3) is 0.375. The fourth-order valence-electron chi connectivity index (χ4n) is 2.25. The Balaban J connectivity index is 1.82. The molecule has 2 heterocycles. The number of aliphatic hydroxyl groups excluding tert-OH is 2. The maximum absolute atomic E-state index is 9.32. The van der Waals surface area contributed by atoms with E-state index in [0.717, 1.165) is 5.69 Å². The lowest BCUT2D eigenvalue weighted by Crippen LogP contribution is -2.37. The molecule has 10 heteroatoms. The van der Waals surface area contributed by atoms with Gasteiger partial charge in [-0.2, -0.15) is 20.1 Å². The summed E-state index contributed by atoms with van der Waals surface area (Å²) in [6, 6.07) is 9.55. The van der Waals surface area contributed by atoms with Crippen LogP contribution >= 0.6 is 0 Å². The highest BCUT2D eigenvalue weighted by Crippen LogP contribution is 2.18. The minimum absolute atomic E-state index is 0.223. The number of hydrogen-bond donors (Lipinski definition) is 4. The Labute approximate surface area is 150 Å². The third-order valence-electron chi connectivity index (χ3n) is 3.55. The van der Waals surface area contributed by atoms with Crippen molar-refractivity contribution in [3.05, 3.63) is 30.3 Å². The molecule has 0 saturated carbocycles. The van der Waals surface area contributed by atoms with Crippen LogP contribution in [0.25, 0.3) is 0 Å². The first-order chi connectivity index (χ1) is 12.7. The lowest BCUT2D eigenvalue weighted by atomic mass is 10.3. The van der Waals surface area contributed by atoms with E-state index in [1.165, 1.54) is 6.21 Å². The van der Waals surface area contributed by atoms with Gasteiger partial charge in [-0.05, 0) is 12.1 Å². The van der Waals surface area contributed by atoms with Gasteiger partial charge in [-0.3, -0.25) is 0 Å². The average Bonchev–Trinajstić information content (AvgIpc) is 2.69. The summed E-state index contributed by atoms with van der Waals surface area (Å²) in [4.78, 5) is 15.1. The first-order valence-electron chi connectivity index (χ1n) is 8.23. The van der Waals surface area contributed by atoms with Crippen LogP contribution in [0.1, 0.15) is 0 Å². The van der Waals surface area contributed by atoms with Crippen molar-refractivity contribution in [3.8, 4) is 0 Å². The van der Waals surface area contributed by atoms with Gasteiger partial charge >= 0.3 is 0 Å². The summed E-state index contributed by atoms with van der Waals surface area (Å²) in [6.07, 6.45) is 0.118. The van der Waals surface area contributed by atoms with Gasteiger partial charge in [-0.15, -0.1) is 0 Å². The third-order valence-corrected chi connectivity index (χ3v) is 3.55. The van der Waals surface area contributed by atoms with Crippen LogP contribution in [-0.4, -0.2) is 70.4 Å². The van der Waals surface area contributed by atoms with E-state index in [9.17, 15) is 5.11 Å². The van der Waals surface area contributed by atoms with Crippen molar-refractivity contribution in [2.24, 2.45) is 5.10 Å². The SMILES string of the molecule is OCC(O)C=NNc1nc(Nc2ccccc2)nc(N2CCOCC2)n1. The number of nitrogens with zero attached hydrogens (tertiary/aromatic N) is 5. The molecule has 4 N–H and O–H groups in total. The van der Waals surface area contributed by atoms with E-state index in [-0.39, 0.29) is 5.95 Å². The van der Waals surface area contributed by atoms with Crippen molar-refractivity contribution in [2.75, 3.05) is 48.6 Å². The van der Waals surface area contributed by atoms with Gasteiger partial charge in [0.1, 0.15) is 6.10 Å². The molecule has 0 amide bonds. The number of ether oxygens (including phenoxy) is 1. The molecule has 0 bridgehead atoms. The number of rotatable bonds is 7. The summed E-state index contributed by atoms with van der Waals surface area (Å²) >= 11 is 0. The van der Waals surface area contributed by atoms with E-state index in [1.807, 2.05) is 35.2 Å². The van der Waals surface area contributed by atoms with E-state index in [0.29, 0.717) is 38.2 Å². The zero-order valence-corrected chi connectivity index (χ0v) is 14.1. The van der Waals surface area contributed by atoms with Crippen LogP contribution in [0.4, 0.5) is 23.5 Å². The number of hydrazone groups is 1. The molecule has 2 aromatic rings. The summed E-state index contributed by atoms with van der Waals surface area (Å²) < 4.78 is 5.36. The van der Waals surface area contributed by atoms with Crippen LogP contribution < -0.4 is 15.6 Å². The van der Waals surface area contributed by atoms with Crippen LogP contribution in [0.3, 0.4) is 0 Å². The van der Waals surface area contributed by atoms with E-state index in [4.69, 9.17) is 9.84 Å². The van der Waals surface area contributed by atoms with E-state index in [1.54, 1.807) is 0 Å². The number of nitrogens with one attached hydrogen (secondary N) is 2. The summed E-state index contributed by atoms with van der Waals surface area (Å²) in [5.41, 5.74) is 3.50. The first kappa shape index (κ1) is 18.0. The third kappa shape index (κ3) is 5.09. The Morgan fingerprint density at radius 3 is 2.62 bits per heavy atom. The Hall–Kier alpha value is -2.82. The van der Waals surface area contributed by atoms with Crippen LogP contribution in [0.5, 0.6) is 0 Å². The summed E-state index contributed by atoms with van der Waals surface area (Å²) in [6.45, 7) is 2.16. The van der Waals surface area contributed by atoms with Crippen molar-refractivity contribution in [1.29, 1.82) is 0 Å². The normalized spacial score (nSPS) is 15.8. The molecule has 0 aliphatic carbocycles. The van der Waals surface area contributed by atoms with Crippen molar-refractivity contribution in [1.82, 2.24) is 15.0 Å². The predicted octanol–water partition coefficient (Wildman–Crippen LogP) is 0.203. The molecule has 1 unspecified atom stereocenters. The second-order valence-electron chi connectivity index (χ2n) is 5.51. The maximum atomic E-state index is 9.32. The molecule has 0 radical (unpaired) electrons. The van der Waals surface area contributed by atoms with Crippen molar-refractivity contribution in [2.45, 2.75) is 6.10 Å². The lowest BCUT2D eigenvalue weighted by Gasteiger charge is -2.27. The number of aromatic nitrogens is 3. The van der Waals surface area contributed by atoms with Gasteiger partial charge in [0, 0.05) is 18.8 Å². The second-order valence-corrected chi connectivity index (χ2v) is 5.51. The van der Waals surface area contributed by atoms with Crippen molar-refractivity contribution in [3.63, 3.8) is 0 Å². The zero-order valence-electron chi connectivity index (χ0n) is 14.1. The number of para-hydroxylation sites is 1. The number of hydrogen-bond acceptors (Lipinski definition) is 10. The van der Waals surface area contributed by atoms with Gasteiger partial charge in [0.25, 0.3) is 0 Å². The largest absolute Gasteiger partial charge is 0.393 e. The van der Waals surface area contributed by atoms with Crippen LogP contribution in [0.15, 0.2) is 35.4 Å². The van der Waals surface area contributed by atoms with Gasteiger partial charge in [0.2, 0.25) is 17.8 Å². The van der Waals surface area contributed by atoms with Crippen LogP contribution in [0, 0.1) is 0 Å². The van der Waals surface area contributed by atoms with Crippen LogP contribution in [0.2, 0.25) is 0 Å². The Morgan fingerprint density at radius 2 is 1.88 bits per heavy atom. The quantitative estimate of drug-likeness (QED) is 0.405. The molecule has 0 spiro atoms. The Morgan fingerprint density at radius 1 is 1.15 bits per heavy atom. The van der Waals surface area contributed by atoms with Gasteiger partial charge in [0.15, 0.2) is 0 Å². The van der Waals surface area contributed by atoms with Gasteiger partial charge < -0.3 is 25.2 Å². The van der Waals surface area contributed by atoms with E-state index < -0.39 is 12.7 Å².